The first-order valence-electron chi connectivity index (χ1n) is 13.0. The van der Waals surface area contributed by atoms with Crippen molar-refractivity contribution < 1.29 is 28.6 Å². The summed E-state index contributed by atoms with van der Waals surface area (Å²) in [6.45, 7) is 11.9. The molecule has 0 saturated heterocycles. The van der Waals surface area contributed by atoms with Gasteiger partial charge in [0.2, 0.25) is 0 Å². The van der Waals surface area contributed by atoms with Crippen LogP contribution in [-0.2, 0) is 28.6 Å². The standard InChI is InChI=1S/C27H42O6/c1-15-11-21-22-7-8-25(33-19(5)30)26(22,6)10-9-23(21)27(14-31-17(3)28)16(2)12-20(13-24(15)27)32-18(4)29/h15-16,20-25H,7-14H2,1-6H3/t15-,16-,20+,21+,22+,23+,24-,25+,26+,27-/m1/s1. The molecule has 0 aromatic rings. The molecule has 4 saturated carbocycles. The minimum Gasteiger partial charge on any atom is -0.465 e. The van der Waals surface area contributed by atoms with E-state index in [1.54, 1.807) is 0 Å². The van der Waals surface area contributed by atoms with Gasteiger partial charge in [-0.25, -0.2) is 0 Å². The lowest BCUT2D eigenvalue weighted by atomic mass is 9.40. The Morgan fingerprint density at radius 2 is 1.52 bits per heavy atom. The van der Waals surface area contributed by atoms with Crippen LogP contribution in [0.1, 0.15) is 86.5 Å². The van der Waals surface area contributed by atoms with Gasteiger partial charge >= 0.3 is 17.9 Å². The quantitative estimate of drug-likeness (QED) is 0.435. The predicted octanol–water partition coefficient (Wildman–Crippen LogP) is 4.93. The van der Waals surface area contributed by atoms with E-state index in [4.69, 9.17) is 14.2 Å². The molecular weight excluding hydrogens is 420 g/mol. The van der Waals surface area contributed by atoms with Gasteiger partial charge in [0.25, 0.3) is 0 Å². The molecule has 0 bridgehead atoms. The molecule has 4 aliphatic rings. The van der Waals surface area contributed by atoms with E-state index in [0.29, 0.717) is 42.1 Å². The van der Waals surface area contributed by atoms with Gasteiger partial charge in [0, 0.05) is 31.6 Å². The topological polar surface area (TPSA) is 78.9 Å². The number of hydrogen-bond donors (Lipinski definition) is 0. The number of esters is 3. The molecule has 0 unspecified atom stereocenters. The first-order chi connectivity index (χ1) is 15.5. The van der Waals surface area contributed by atoms with Crippen LogP contribution in [0, 0.1) is 46.3 Å². The van der Waals surface area contributed by atoms with Crippen LogP contribution in [0.4, 0.5) is 0 Å². The largest absolute Gasteiger partial charge is 0.465 e. The second-order valence-electron chi connectivity index (χ2n) is 11.9. The van der Waals surface area contributed by atoms with Crippen molar-refractivity contribution in [3.63, 3.8) is 0 Å². The Balaban J connectivity index is 1.68. The van der Waals surface area contributed by atoms with Crippen molar-refractivity contribution in [3.8, 4) is 0 Å². The zero-order chi connectivity index (χ0) is 24.1. The van der Waals surface area contributed by atoms with Crippen molar-refractivity contribution in [2.75, 3.05) is 6.61 Å². The maximum Gasteiger partial charge on any atom is 0.302 e. The summed E-state index contributed by atoms with van der Waals surface area (Å²) in [5, 5.41) is 0. The lowest BCUT2D eigenvalue weighted by Crippen LogP contribution is -2.62. The zero-order valence-corrected chi connectivity index (χ0v) is 21.2. The third-order valence-electron chi connectivity index (χ3n) is 10.3. The highest BCUT2D eigenvalue weighted by molar-refractivity contribution is 5.66. The molecule has 0 radical (unpaired) electrons. The number of carbonyl (C=O) groups is 3. The first-order valence-corrected chi connectivity index (χ1v) is 13.0. The summed E-state index contributed by atoms with van der Waals surface area (Å²) in [4.78, 5) is 35.5. The van der Waals surface area contributed by atoms with Crippen molar-refractivity contribution in [1.82, 2.24) is 0 Å². The Kier molecular flexibility index (Phi) is 6.60. The van der Waals surface area contributed by atoms with Gasteiger partial charge in [0.1, 0.15) is 12.2 Å². The molecule has 186 valence electrons. The van der Waals surface area contributed by atoms with Gasteiger partial charge in [-0.1, -0.05) is 20.8 Å². The van der Waals surface area contributed by atoms with Crippen LogP contribution in [0.5, 0.6) is 0 Å². The highest BCUT2D eigenvalue weighted by Gasteiger charge is 2.65. The van der Waals surface area contributed by atoms with Crippen molar-refractivity contribution in [3.05, 3.63) is 0 Å². The summed E-state index contributed by atoms with van der Waals surface area (Å²) in [6.07, 6.45) is 6.94. The molecular formula is C27H42O6. The zero-order valence-electron chi connectivity index (χ0n) is 21.2. The average molecular weight is 463 g/mol. The molecule has 0 heterocycles. The number of fused-ring (bicyclic) bond motifs is 5. The number of hydrogen-bond acceptors (Lipinski definition) is 6. The molecule has 0 aromatic heterocycles. The fraction of sp³-hybridized carbons (Fsp3) is 0.889. The molecule has 6 heteroatoms. The number of ether oxygens (including phenoxy) is 3. The third-order valence-corrected chi connectivity index (χ3v) is 10.3. The monoisotopic (exact) mass is 462 g/mol. The summed E-state index contributed by atoms with van der Waals surface area (Å²) < 4.78 is 17.3. The number of carbonyl (C=O) groups excluding carboxylic acids is 3. The van der Waals surface area contributed by atoms with Crippen molar-refractivity contribution in [1.29, 1.82) is 0 Å². The van der Waals surface area contributed by atoms with E-state index in [1.165, 1.54) is 20.8 Å². The molecule has 0 N–H and O–H groups in total. The van der Waals surface area contributed by atoms with Crippen LogP contribution in [0.15, 0.2) is 0 Å². The highest BCUT2D eigenvalue weighted by atomic mass is 16.5. The molecule has 0 aromatic carbocycles. The van der Waals surface area contributed by atoms with Gasteiger partial charge < -0.3 is 14.2 Å². The summed E-state index contributed by atoms with van der Waals surface area (Å²) in [5.41, 5.74) is -0.0638. The van der Waals surface area contributed by atoms with E-state index in [9.17, 15) is 14.4 Å². The molecule has 0 amide bonds. The Labute approximate surface area is 198 Å². The molecule has 4 aliphatic carbocycles. The van der Waals surface area contributed by atoms with Gasteiger partial charge in [-0.2, -0.15) is 0 Å². The average Bonchev–Trinajstić information content (AvgIpc) is 3.03. The first kappa shape index (κ1) is 24.5. The molecule has 0 spiro atoms. The normalized spacial score (nSPS) is 46.4. The molecule has 10 atom stereocenters. The smallest absolute Gasteiger partial charge is 0.302 e. The summed E-state index contributed by atoms with van der Waals surface area (Å²) >= 11 is 0. The van der Waals surface area contributed by atoms with Crippen molar-refractivity contribution in [2.45, 2.75) is 98.7 Å². The molecule has 33 heavy (non-hydrogen) atoms. The van der Waals surface area contributed by atoms with E-state index in [1.807, 2.05) is 0 Å². The van der Waals surface area contributed by atoms with Crippen molar-refractivity contribution >= 4 is 17.9 Å². The Morgan fingerprint density at radius 1 is 0.818 bits per heavy atom. The van der Waals surface area contributed by atoms with Crippen LogP contribution in [0.2, 0.25) is 0 Å². The maximum atomic E-state index is 12.0. The molecule has 6 nitrogen and oxygen atoms in total. The second kappa shape index (κ2) is 8.88. The van der Waals surface area contributed by atoms with Crippen LogP contribution in [0.3, 0.4) is 0 Å². The lowest BCUT2D eigenvalue weighted by Gasteiger charge is -2.65. The Morgan fingerprint density at radius 3 is 2.15 bits per heavy atom. The van der Waals surface area contributed by atoms with Crippen LogP contribution >= 0.6 is 0 Å². The lowest BCUT2D eigenvalue weighted by molar-refractivity contribution is -0.212. The van der Waals surface area contributed by atoms with Crippen LogP contribution in [-0.4, -0.2) is 36.7 Å². The summed E-state index contributed by atoms with van der Waals surface area (Å²) in [6, 6.07) is 0. The van der Waals surface area contributed by atoms with Crippen LogP contribution < -0.4 is 0 Å². The van der Waals surface area contributed by atoms with Gasteiger partial charge in [-0.3, -0.25) is 14.4 Å². The summed E-state index contributed by atoms with van der Waals surface area (Å²) in [5.74, 6) is 2.05. The molecule has 0 aliphatic heterocycles. The van der Waals surface area contributed by atoms with Crippen LogP contribution in [0.25, 0.3) is 0 Å². The van der Waals surface area contributed by atoms with Gasteiger partial charge in [-0.05, 0) is 80.5 Å². The van der Waals surface area contributed by atoms with Gasteiger partial charge in [0.15, 0.2) is 0 Å². The number of rotatable bonds is 4. The van der Waals surface area contributed by atoms with Gasteiger partial charge in [0.05, 0.1) is 6.61 Å². The molecule has 4 fully saturated rings. The highest BCUT2D eigenvalue weighted by Crippen LogP contribution is 2.69. The fourth-order valence-corrected chi connectivity index (χ4v) is 9.12. The fourth-order valence-electron chi connectivity index (χ4n) is 9.12. The third kappa shape index (κ3) is 4.10. The minimum atomic E-state index is -0.219. The minimum absolute atomic E-state index is 0.00975. The van der Waals surface area contributed by atoms with E-state index < -0.39 is 0 Å². The Hall–Kier alpha value is -1.59. The maximum absolute atomic E-state index is 12.0. The van der Waals surface area contributed by atoms with Gasteiger partial charge in [-0.15, -0.1) is 0 Å². The van der Waals surface area contributed by atoms with Crippen molar-refractivity contribution in [2.24, 2.45) is 46.3 Å². The molecule has 4 rings (SSSR count). The van der Waals surface area contributed by atoms with E-state index in [-0.39, 0.29) is 40.9 Å². The second-order valence-corrected chi connectivity index (χ2v) is 11.9. The van der Waals surface area contributed by atoms with E-state index in [2.05, 4.69) is 20.8 Å². The van der Waals surface area contributed by atoms with E-state index in [0.717, 1.165) is 44.9 Å². The SMILES string of the molecule is CC(=O)OC[C@]12[C@H](C)C[C@H](OC(C)=O)C[C@@H]1[C@H](C)C[C@H]1[C@@H]3CC[C@H](OC(C)=O)[C@@]3(C)CC[C@@H]12. The predicted molar refractivity (Wildman–Crippen MR) is 123 cm³/mol. The Bertz CT molecular complexity index is 793. The van der Waals surface area contributed by atoms with E-state index >= 15 is 0 Å². The summed E-state index contributed by atoms with van der Waals surface area (Å²) in [7, 11) is 0.